The van der Waals surface area contributed by atoms with Crippen LogP contribution in [0.4, 0.5) is 5.69 Å². The number of benzene rings is 2. The molecule has 0 bridgehead atoms. The number of esters is 1. The molecule has 0 unspecified atom stereocenters. The van der Waals surface area contributed by atoms with Crippen molar-refractivity contribution in [2.24, 2.45) is 11.8 Å². The number of para-hydroxylation sites is 1. The normalized spacial score (nSPS) is 28.7. The second kappa shape index (κ2) is 7.72. The van der Waals surface area contributed by atoms with Crippen molar-refractivity contribution in [3.05, 3.63) is 59.7 Å². The zero-order valence-electron chi connectivity index (χ0n) is 18.3. The highest BCUT2D eigenvalue weighted by atomic mass is 16.7. The van der Waals surface area contributed by atoms with Crippen LogP contribution in [0.1, 0.15) is 29.8 Å². The Morgan fingerprint density at radius 1 is 1.12 bits per heavy atom. The van der Waals surface area contributed by atoms with Crippen molar-refractivity contribution in [1.82, 2.24) is 0 Å². The number of ketones is 1. The molecule has 1 spiro atoms. The molecule has 32 heavy (non-hydrogen) atoms. The van der Waals surface area contributed by atoms with E-state index in [0.29, 0.717) is 17.0 Å². The number of likely N-dealkylation sites (N-methyl/N-ethyl adjacent to an activating group) is 1. The van der Waals surface area contributed by atoms with Crippen molar-refractivity contribution in [3.63, 3.8) is 0 Å². The van der Waals surface area contributed by atoms with E-state index < -0.39 is 40.9 Å². The molecule has 2 heterocycles. The van der Waals surface area contributed by atoms with E-state index in [1.54, 1.807) is 62.5 Å². The lowest BCUT2D eigenvalue weighted by atomic mass is 9.71. The van der Waals surface area contributed by atoms with Gasteiger partial charge >= 0.3 is 5.97 Å². The summed E-state index contributed by atoms with van der Waals surface area (Å²) in [5, 5.41) is 11.2. The minimum absolute atomic E-state index is 0.0479. The first-order chi connectivity index (χ1) is 15.2. The highest BCUT2D eigenvalue weighted by Crippen LogP contribution is 2.58. The third-order valence-corrected chi connectivity index (χ3v) is 6.20. The first kappa shape index (κ1) is 22.0. The quantitative estimate of drug-likeness (QED) is 0.563. The van der Waals surface area contributed by atoms with Crippen LogP contribution < -0.4 is 9.64 Å². The lowest BCUT2D eigenvalue weighted by molar-refractivity contribution is -0.229. The van der Waals surface area contributed by atoms with E-state index >= 15 is 0 Å². The molecule has 168 valence electrons. The molecule has 0 radical (unpaired) electrons. The highest BCUT2D eigenvalue weighted by Gasteiger charge is 2.72. The number of fused-ring (bicyclic) bond motifs is 2. The lowest BCUT2D eigenvalue weighted by Gasteiger charge is -2.29. The Labute approximate surface area is 185 Å². The molecule has 8 nitrogen and oxygen atoms in total. The fraction of sp³-hybridized carbons (Fsp3) is 0.375. The van der Waals surface area contributed by atoms with Gasteiger partial charge in [-0.1, -0.05) is 18.2 Å². The molecule has 8 heteroatoms. The van der Waals surface area contributed by atoms with Gasteiger partial charge in [-0.3, -0.25) is 14.4 Å². The van der Waals surface area contributed by atoms with Gasteiger partial charge in [0.05, 0.1) is 25.3 Å². The van der Waals surface area contributed by atoms with Crippen LogP contribution in [0, 0.1) is 11.8 Å². The average molecular weight is 439 g/mol. The van der Waals surface area contributed by atoms with Gasteiger partial charge in [0.25, 0.3) is 5.91 Å². The number of rotatable bonds is 5. The minimum Gasteiger partial charge on any atom is -0.497 e. The topological polar surface area (TPSA) is 102 Å². The van der Waals surface area contributed by atoms with Crippen LogP contribution in [0.15, 0.2) is 48.5 Å². The van der Waals surface area contributed by atoms with Crippen molar-refractivity contribution < 1.29 is 33.7 Å². The van der Waals surface area contributed by atoms with Crippen LogP contribution in [0.5, 0.6) is 5.75 Å². The van der Waals surface area contributed by atoms with Crippen LogP contribution >= 0.6 is 0 Å². The molecule has 1 saturated heterocycles. The maximum atomic E-state index is 13.9. The number of carbonyl (C=O) groups is 3. The number of hydrogen-bond donors (Lipinski definition) is 1. The minimum atomic E-state index is -2.12. The Morgan fingerprint density at radius 3 is 2.41 bits per heavy atom. The second-order valence-corrected chi connectivity index (χ2v) is 8.07. The van der Waals surface area contributed by atoms with Gasteiger partial charge in [-0.2, -0.15) is 0 Å². The molecule has 0 aromatic heterocycles. The number of anilines is 1. The van der Waals surface area contributed by atoms with Gasteiger partial charge in [0, 0.05) is 18.2 Å². The summed E-state index contributed by atoms with van der Waals surface area (Å²) in [4.78, 5) is 41.8. The molecule has 1 N–H and O–H groups in total. The smallest absolute Gasteiger partial charge is 0.315 e. The molecule has 1 amide bonds. The summed E-state index contributed by atoms with van der Waals surface area (Å²) in [7, 11) is 3.08. The summed E-state index contributed by atoms with van der Waals surface area (Å²) < 4.78 is 16.4. The van der Waals surface area contributed by atoms with Crippen LogP contribution in [0.25, 0.3) is 0 Å². The Hall–Kier alpha value is -3.23. The molecule has 0 aliphatic carbocycles. The summed E-state index contributed by atoms with van der Waals surface area (Å²) in [6.45, 7) is 2.96. The Morgan fingerprint density at radius 2 is 1.78 bits per heavy atom. The third kappa shape index (κ3) is 3.02. The standard InChI is InChI=1S/C24H25NO7/c1-5-31-21(27)19-18(20(26)14-10-12-15(30-4)13-11-14)24(32-23(19,2)29)16-8-6-7-9-17(16)25(3)22(24)28/h6-13,18-19,29H,5H2,1-4H3/t18-,19-,23+,24+/m1/s1. The van der Waals surface area contributed by atoms with E-state index in [1.807, 2.05) is 0 Å². The van der Waals surface area contributed by atoms with Crippen LogP contribution in [-0.4, -0.2) is 49.3 Å². The van der Waals surface area contributed by atoms with Crippen molar-refractivity contribution in [2.75, 3.05) is 25.7 Å². The number of aliphatic hydroxyl groups is 1. The molecule has 1 fully saturated rings. The molecule has 4 atom stereocenters. The summed E-state index contributed by atoms with van der Waals surface area (Å²) in [5.74, 6) is -6.17. The van der Waals surface area contributed by atoms with Crippen molar-refractivity contribution in [1.29, 1.82) is 0 Å². The van der Waals surface area contributed by atoms with E-state index in [4.69, 9.17) is 14.2 Å². The molecule has 2 aromatic carbocycles. The van der Waals surface area contributed by atoms with Crippen LogP contribution in [-0.2, 0) is 24.7 Å². The second-order valence-electron chi connectivity index (χ2n) is 8.07. The molecule has 0 saturated carbocycles. The molecule has 2 aliphatic rings. The fourth-order valence-corrected chi connectivity index (χ4v) is 4.81. The van der Waals surface area contributed by atoms with Gasteiger partial charge in [-0.05, 0) is 44.2 Å². The number of Topliss-reactive ketones (excluding diaryl/α,β-unsaturated/α-hetero) is 1. The van der Waals surface area contributed by atoms with E-state index in [-0.39, 0.29) is 12.2 Å². The van der Waals surface area contributed by atoms with Crippen molar-refractivity contribution in [2.45, 2.75) is 25.2 Å². The predicted octanol–water partition coefficient (Wildman–Crippen LogP) is 2.28. The van der Waals surface area contributed by atoms with Crippen LogP contribution in [0.2, 0.25) is 0 Å². The number of ether oxygens (including phenoxy) is 3. The number of amides is 1. The Bertz CT molecular complexity index is 1080. The van der Waals surface area contributed by atoms with E-state index in [9.17, 15) is 19.5 Å². The van der Waals surface area contributed by atoms with Crippen molar-refractivity contribution >= 4 is 23.3 Å². The summed E-state index contributed by atoms with van der Waals surface area (Å²) in [6.07, 6.45) is 0. The largest absolute Gasteiger partial charge is 0.497 e. The monoisotopic (exact) mass is 439 g/mol. The molecular weight excluding hydrogens is 414 g/mol. The van der Waals surface area contributed by atoms with Gasteiger partial charge in [0.2, 0.25) is 0 Å². The Balaban J connectivity index is 1.94. The Kier molecular flexibility index (Phi) is 5.30. The van der Waals surface area contributed by atoms with E-state index in [1.165, 1.54) is 18.9 Å². The first-order valence-electron chi connectivity index (χ1n) is 10.3. The summed E-state index contributed by atoms with van der Waals surface area (Å²) >= 11 is 0. The number of methoxy groups -OCH3 is 1. The zero-order valence-corrected chi connectivity index (χ0v) is 18.3. The highest BCUT2D eigenvalue weighted by molar-refractivity contribution is 6.13. The van der Waals surface area contributed by atoms with Crippen molar-refractivity contribution in [3.8, 4) is 5.75 Å². The maximum Gasteiger partial charge on any atom is 0.315 e. The van der Waals surface area contributed by atoms with Gasteiger partial charge in [-0.15, -0.1) is 0 Å². The first-order valence-corrected chi connectivity index (χ1v) is 10.3. The number of carbonyl (C=O) groups excluding carboxylic acids is 3. The predicted molar refractivity (Wildman–Crippen MR) is 114 cm³/mol. The zero-order chi connectivity index (χ0) is 23.3. The third-order valence-electron chi connectivity index (χ3n) is 6.20. The summed E-state index contributed by atoms with van der Waals surface area (Å²) in [6, 6.07) is 13.2. The lowest BCUT2D eigenvalue weighted by Crippen LogP contribution is -2.48. The SMILES string of the molecule is CCOC(=O)[C@H]1[C@H](C(=O)c2ccc(OC)cc2)[C@]2(O[C@]1(C)O)C(=O)N(C)c1ccccc12. The number of nitrogens with zero attached hydrogens (tertiary/aromatic N) is 1. The van der Waals surface area contributed by atoms with Gasteiger partial charge in [-0.25, -0.2) is 0 Å². The van der Waals surface area contributed by atoms with Crippen LogP contribution in [0.3, 0.4) is 0 Å². The fourth-order valence-electron chi connectivity index (χ4n) is 4.81. The van der Waals surface area contributed by atoms with E-state index in [0.717, 1.165) is 0 Å². The van der Waals surface area contributed by atoms with E-state index in [2.05, 4.69) is 0 Å². The molecule has 4 rings (SSSR count). The number of hydrogen-bond acceptors (Lipinski definition) is 7. The molecule has 2 aliphatic heterocycles. The van der Waals surface area contributed by atoms with Gasteiger partial charge in [0.1, 0.15) is 11.7 Å². The molecule has 2 aromatic rings. The van der Waals surface area contributed by atoms with Gasteiger partial charge in [0.15, 0.2) is 17.2 Å². The summed E-state index contributed by atoms with van der Waals surface area (Å²) in [5.41, 5.74) is -0.647. The average Bonchev–Trinajstić information content (AvgIpc) is 3.16. The maximum absolute atomic E-state index is 13.9. The molecular formula is C24H25NO7. The van der Waals surface area contributed by atoms with Gasteiger partial charge < -0.3 is 24.2 Å².